The summed E-state index contributed by atoms with van der Waals surface area (Å²) < 4.78 is 0. The van der Waals surface area contributed by atoms with Gasteiger partial charge in [-0.2, -0.15) is 4.98 Å². The van der Waals surface area contributed by atoms with Gasteiger partial charge in [0.2, 0.25) is 5.95 Å². The van der Waals surface area contributed by atoms with Gasteiger partial charge in [0, 0.05) is 41.5 Å². The molecule has 8 N–H and O–H groups in total. The van der Waals surface area contributed by atoms with Crippen molar-refractivity contribution in [3.05, 3.63) is 59.8 Å². The minimum Gasteiger partial charge on any atom is -0.398 e. The molecule has 1 aromatic heterocycles. The zero-order chi connectivity index (χ0) is 17.8. The van der Waals surface area contributed by atoms with Crippen LogP contribution < -0.4 is 22.5 Å². The van der Waals surface area contributed by atoms with Gasteiger partial charge in [0.15, 0.2) is 0 Å². The molecular formula is C18H19N7. The molecule has 0 atom stereocenters. The molecule has 0 saturated heterocycles. The van der Waals surface area contributed by atoms with E-state index in [1.165, 1.54) is 6.21 Å². The second-order valence-corrected chi connectivity index (χ2v) is 5.50. The molecule has 7 nitrogen and oxygen atoms in total. The lowest BCUT2D eigenvalue weighted by Gasteiger charge is -2.14. The molecule has 0 aliphatic rings. The zero-order valence-corrected chi connectivity index (χ0v) is 13.5. The monoisotopic (exact) mass is 333 g/mol. The first-order valence-corrected chi connectivity index (χ1v) is 7.69. The Kier molecular flexibility index (Phi) is 4.58. The number of nitrogens with one attached hydrogen (secondary N) is 2. The first kappa shape index (κ1) is 16.4. The highest BCUT2D eigenvalue weighted by Gasteiger charge is 2.10. The van der Waals surface area contributed by atoms with Crippen LogP contribution in [0.15, 0.2) is 48.7 Å². The van der Waals surface area contributed by atoms with E-state index in [0.717, 1.165) is 22.4 Å². The number of anilines is 4. The molecule has 0 bridgehead atoms. The molecule has 0 aliphatic carbocycles. The minimum absolute atomic E-state index is 0.184. The molecule has 25 heavy (non-hydrogen) atoms. The molecule has 2 aromatic carbocycles. The fourth-order valence-electron chi connectivity index (χ4n) is 2.56. The topological polar surface area (TPSA) is 140 Å². The van der Waals surface area contributed by atoms with Crippen molar-refractivity contribution in [1.82, 2.24) is 9.97 Å². The van der Waals surface area contributed by atoms with Crippen molar-refractivity contribution in [2.75, 3.05) is 16.8 Å². The van der Waals surface area contributed by atoms with Crippen LogP contribution in [0.5, 0.6) is 0 Å². The molecule has 7 heteroatoms. The molecule has 0 aliphatic heterocycles. The lowest BCUT2D eigenvalue weighted by Crippen LogP contribution is -2.02. The minimum atomic E-state index is 0.184. The number of hydrogen-bond donors (Lipinski definition) is 5. The number of nitrogen functional groups attached to an aromatic ring is 2. The summed E-state index contributed by atoms with van der Waals surface area (Å²) in [4.78, 5) is 8.00. The van der Waals surface area contributed by atoms with Crippen molar-refractivity contribution in [1.29, 1.82) is 5.41 Å². The Morgan fingerprint density at radius 2 is 1.96 bits per heavy atom. The molecule has 0 saturated carbocycles. The van der Waals surface area contributed by atoms with Crippen molar-refractivity contribution < 1.29 is 0 Å². The van der Waals surface area contributed by atoms with Crippen LogP contribution in [0.4, 0.5) is 23.1 Å². The van der Waals surface area contributed by atoms with Crippen LogP contribution in [0, 0.1) is 5.41 Å². The maximum absolute atomic E-state index is 7.63. The summed E-state index contributed by atoms with van der Waals surface area (Å²) >= 11 is 0. The van der Waals surface area contributed by atoms with Crippen molar-refractivity contribution in [2.24, 2.45) is 5.73 Å². The Bertz CT molecular complexity index is 921. The Balaban J connectivity index is 2.07. The van der Waals surface area contributed by atoms with Gasteiger partial charge in [-0.15, -0.1) is 0 Å². The fourth-order valence-corrected chi connectivity index (χ4v) is 2.56. The molecule has 0 unspecified atom stereocenters. The molecular weight excluding hydrogens is 314 g/mol. The number of nitrogens with zero attached hydrogens (tertiary/aromatic N) is 2. The summed E-state index contributed by atoms with van der Waals surface area (Å²) in [7, 11) is 0. The predicted molar refractivity (Wildman–Crippen MR) is 102 cm³/mol. The molecule has 0 spiro atoms. The number of aromatic nitrogens is 2. The Morgan fingerprint density at radius 1 is 1.12 bits per heavy atom. The SMILES string of the molecule is N=Cc1cc(Nc2ccnc(N)n2)cc(-c2cccc(CN)c2)c1N. The highest BCUT2D eigenvalue weighted by atomic mass is 15.1. The number of rotatable bonds is 5. The molecule has 0 fully saturated rings. The quantitative estimate of drug-likeness (QED) is 0.359. The molecule has 3 rings (SSSR count). The number of nitrogens with two attached hydrogens (primary N) is 3. The zero-order valence-electron chi connectivity index (χ0n) is 13.5. The third-order valence-electron chi connectivity index (χ3n) is 3.79. The summed E-state index contributed by atoms with van der Waals surface area (Å²) in [6, 6.07) is 13.3. The van der Waals surface area contributed by atoms with Crippen LogP contribution in [-0.2, 0) is 6.54 Å². The van der Waals surface area contributed by atoms with E-state index >= 15 is 0 Å². The van der Waals surface area contributed by atoms with E-state index in [1.807, 2.05) is 30.3 Å². The van der Waals surface area contributed by atoms with Gasteiger partial charge in [0.25, 0.3) is 0 Å². The number of hydrogen-bond acceptors (Lipinski definition) is 7. The van der Waals surface area contributed by atoms with Crippen LogP contribution >= 0.6 is 0 Å². The number of benzene rings is 2. The lowest BCUT2D eigenvalue weighted by molar-refractivity contribution is 1.07. The summed E-state index contributed by atoms with van der Waals surface area (Å²) in [6.45, 7) is 0.448. The van der Waals surface area contributed by atoms with Gasteiger partial charge in [0.1, 0.15) is 5.82 Å². The first-order valence-electron chi connectivity index (χ1n) is 7.69. The average molecular weight is 333 g/mol. The van der Waals surface area contributed by atoms with Gasteiger partial charge in [-0.1, -0.05) is 18.2 Å². The Morgan fingerprint density at radius 3 is 2.68 bits per heavy atom. The van der Waals surface area contributed by atoms with E-state index in [-0.39, 0.29) is 5.95 Å². The van der Waals surface area contributed by atoms with E-state index in [1.54, 1.807) is 18.3 Å². The van der Waals surface area contributed by atoms with E-state index in [4.69, 9.17) is 22.6 Å². The third-order valence-corrected chi connectivity index (χ3v) is 3.79. The first-order chi connectivity index (χ1) is 12.1. The second-order valence-electron chi connectivity index (χ2n) is 5.50. The molecule has 126 valence electrons. The molecule has 0 amide bonds. The fraction of sp³-hybridized carbons (Fsp3) is 0.0556. The van der Waals surface area contributed by atoms with Crippen LogP contribution in [0.3, 0.4) is 0 Å². The summed E-state index contributed by atoms with van der Waals surface area (Å²) in [5, 5.41) is 10.8. The third kappa shape index (κ3) is 3.56. The van der Waals surface area contributed by atoms with Crippen LogP contribution in [0.25, 0.3) is 11.1 Å². The summed E-state index contributed by atoms with van der Waals surface area (Å²) in [5.74, 6) is 0.749. The Labute approximate surface area is 145 Å². The van der Waals surface area contributed by atoms with Gasteiger partial charge >= 0.3 is 0 Å². The van der Waals surface area contributed by atoms with Gasteiger partial charge in [0.05, 0.1) is 0 Å². The van der Waals surface area contributed by atoms with Crippen molar-refractivity contribution >= 4 is 29.4 Å². The maximum Gasteiger partial charge on any atom is 0.221 e. The van der Waals surface area contributed by atoms with Gasteiger partial charge < -0.3 is 27.9 Å². The van der Waals surface area contributed by atoms with Crippen LogP contribution in [0.2, 0.25) is 0 Å². The summed E-state index contributed by atoms with van der Waals surface area (Å²) in [5.41, 5.74) is 22.3. The van der Waals surface area contributed by atoms with E-state index in [2.05, 4.69) is 15.3 Å². The highest BCUT2D eigenvalue weighted by molar-refractivity contribution is 5.95. The summed E-state index contributed by atoms with van der Waals surface area (Å²) in [6.07, 6.45) is 2.80. The van der Waals surface area contributed by atoms with E-state index < -0.39 is 0 Å². The van der Waals surface area contributed by atoms with Gasteiger partial charge in [-0.05, 0) is 35.4 Å². The molecule has 0 radical (unpaired) electrons. The maximum atomic E-state index is 7.63. The second kappa shape index (κ2) is 6.98. The molecule has 3 aromatic rings. The lowest BCUT2D eigenvalue weighted by atomic mass is 9.98. The van der Waals surface area contributed by atoms with E-state index in [0.29, 0.717) is 23.6 Å². The van der Waals surface area contributed by atoms with Crippen LogP contribution in [0.1, 0.15) is 11.1 Å². The predicted octanol–water partition coefficient (Wildman–Crippen LogP) is 2.51. The Hall–Kier alpha value is -3.45. The van der Waals surface area contributed by atoms with Crippen molar-refractivity contribution in [3.63, 3.8) is 0 Å². The van der Waals surface area contributed by atoms with Gasteiger partial charge in [-0.3, -0.25) is 0 Å². The molecule has 1 heterocycles. The average Bonchev–Trinajstić information content (AvgIpc) is 2.63. The highest BCUT2D eigenvalue weighted by Crippen LogP contribution is 2.33. The normalized spacial score (nSPS) is 10.4. The smallest absolute Gasteiger partial charge is 0.221 e. The van der Waals surface area contributed by atoms with Crippen molar-refractivity contribution in [3.8, 4) is 11.1 Å². The largest absolute Gasteiger partial charge is 0.398 e. The van der Waals surface area contributed by atoms with Crippen LogP contribution in [-0.4, -0.2) is 16.2 Å². The van der Waals surface area contributed by atoms with Crippen molar-refractivity contribution in [2.45, 2.75) is 6.54 Å². The van der Waals surface area contributed by atoms with Gasteiger partial charge in [-0.25, -0.2) is 4.98 Å². The standard InChI is InChI=1S/C18H19N7/c19-9-11-2-1-3-12(6-11)15-8-14(7-13(10-20)17(15)21)24-16-4-5-23-18(22)25-16/h1-8,10,20H,9,19,21H2,(H3,22,23,24,25). The van der Waals surface area contributed by atoms with E-state index in [9.17, 15) is 0 Å².